The summed E-state index contributed by atoms with van der Waals surface area (Å²) < 4.78 is 9.75. The Labute approximate surface area is 87.6 Å². The molecule has 0 fully saturated rings. The van der Waals surface area contributed by atoms with Gasteiger partial charge in [0.05, 0.1) is 7.11 Å². The first kappa shape index (κ1) is 11.4. The van der Waals surface area contributed by atoms with E-state index < -0.39 is 5.97 Å². The van der Waals surface area contributed by atoms with Crippen molar-refractivity contribution in [2.75, 3.05) is 27.3 Å². The van der Waals surface area contributed by atoms with E-state index in [2.05, 4.69) is 20.0 Å². The number of esters is 1. The molecule has 0 saturated heterocycles. The van der Waals surface area contributed by atoms with Gasteiger partial charge in [0.25, 0.3) is 0 Å². The largest absolute Gasteiger partial charge is 0.476 e. The highest BCUT2D eigenvalue weighted by Crippen LogP contribution is 2.05. The molecule has 0 aliphatic carbocycles. The van der Waals surface area contributed by atoms with Crippen molar-refractivity contribution in [2.45, 2.75) is 0 Å². The number of hydrogen-bond donors (Lipinski definition) is 1. The molecule has 1 aromatic rings. The molecule has 0 aliphatic rings. The summed E-state index contributed by atoms with van der Waals surface area (Å²) in [4.78, 5) is 18.7. The second kappa shape index (κ2) is 5.92. The van der Waals surface area contributed by atoms with Crippen LogP contribution in [0.1, 0.15) is 10.6 Å². The zero-order valence-corrected chi connectivity index (χ0v) is 8.69. The number of nitrogens with one attached hydrogen (secondary N) is 1. The number of carbonyl (C=O) groups excluding carboxylic acids is 1. The summed E-state index contributed by atoms with van der Waals surface area (Å²) in [7, 11) is 3.10. The molecule has 0 saturated carbocycles. The van der Waals surface area contributed by atoms with Crippen molar-refractivity contribution in [1.29, 1.82) is 0 Å². The lowest BCUT2D eigenvalue weighted by molar-refractivity contribution is 0.0585. The van der Waals surface area contributed by atoms with Crippen LogP contribution in [0.3, 0.4) is 0 Å². The molecule has 0 bridgehead atoms. The van der Waals surface area contributed by atoms with Gasteiger partial charge in [-0.15, -0.1) is 0 Å². The summed E-state index contributed by atoms with van der Waals surface area (Å²) in [6, 6.07) is 1.59. The van der Waals surface area contributed by atoms with Crippen molar-refractivity contribution in [2.24, 2.45) is 0 Å². The average Bonchev–Trinajstić information content (AvgIpc) is 2.29. The third-order valence-corrected chi connectivity index (χ3v) is 1.60. The third-order valence-electron chi connectivity index (χ3n) is 1.60. The van der Waals surface area contributed by atoms with Gasteiger partial charge in [0.15, 0.2) is 0 Å². The van der Waals surface area contributed by atoms with E-state index in [1.54, 1.807) is 6.07 Å². The molecule has 6 nitrogen and oxygen atoms in total. The highest BCUT2D eigenvalue weighted by atomic mass is 16.5. The van der Waals surface area contributed by atoms with Crippen LogP contribution in [0.2, 0.25) is 0 Å². The van der Waals surface area contributed by atoms with Gasteiger partial charge in [0.2, 0.25) is 11.7 Å². The smallest absolute Gasteiger partial charge is 0.376 e. The van der Waals surface area contributed by atoms with Gasteiger partial charge < -0.3 is 14.8 Å². The number of ether oxygens (including phenoxy) is 2. The normalized spacial score (nSPS) is 9.73. The number of methoxy groups -OCH3 is 1. The Morgan fingerprint density at radius 3 is 3.07 bits per heavy atom. The number of carbonyl (C=O) groups is 1. The maximum absolute atomic E-state index is 11.1. The maximum Gasteiger partial charge on any atom is 0.376 e. The van der Waals surface area contributed by atoms with Crippen LogP contribution in [0.4, 0.5) is 0 Å². The minimum absolute atomic E-state index is 0.000502. The highest BCUT2D eigenvalue weighted by molar-refractivity contribution is 5.84. The Hall–Kier alpha value is -1.69. The third kappa shape index (κ3) is 3.51. The molecule has 1 aromatic heterocycles. The topological polar surface area (TPSA) is 73.3 Å². The van der Waals surface area contributed by atoms with Gasteiger partial charge in [-0.25, -0.2) is 9.78 Å². The minimum Gasteiger partial charge on any atom is -0.476 e. The molecule has 0 unspecified atom stereocenters. The van der Waals surface area contributed by atoms with Crippen LogP contribution in [-0.4, -0.2) is 43.2 Å². The maximum atomic E-state index is 11.1. The van der Waals surface area contributed by atoms with Crippen molar-refractivity contribution in [1.82, 2.24) is 15.3 Å². The van der Waals surface area contributed by atoms with Gasteiger partial charge in [-0.2, -0.15) is 4.98 Å². The van der Waals surface area contributed by atoms with Crippen LogP contribution in [0, 0.1) is 0 Å². The van der Waals surface area contributed by atoms with Crippen LogP contribution >= 0.6 is 0 Å². The molecule has 15 heavy (non-hydrogen) atoms. The second-order valence-electron chi connectivity index (χ2n) is 2.66. The summed E-state index contributed by atoms with van der Waals surface area (Å²) in [5, 5.41) is 2.93. The van der Waals surface area contributed by atoms with Gasteiger partial charge in [-0.3, -0.25) is 0 Å². The van der Waals surface area contributed by atoms with Crippen molar-refractivity contribution in [3.8, 4) is 5.88 Å². The van der Waals surface area contributed by atoms with E-state index in [9.17, 15) is 4.79 Å². The predicted molar refractivity (Wildman–Crippen MR) is 52.8 cm³/mol. The van der Waals surface area contributed by atoms with E-state index in [1.165, 1.54) is 13.3 Å². The molecule has 6 heteroatoms. The molecule has 82 valence electrons. The number of aromatic nitrogens is 2. The zero-order chi connectivity index (χ0) is 11.1. The van der Waals surface area contributed by atoms with Gasteiger partial charge in [0.1, 0.15) is 6.61 Å². The molecule has 0 radical (unpaired) electrons. The van der Waals surface area contributed by atoms with E-state index in [4.69, 9.17) is 4.74 Å². The number of likely N-dealkylation sites (N-methyl/N-ethyl adjacent to an activating group) is 1. The Morgan fingerprint density at radius 1 is 1.60 bits per heavy atom. The summed E-state index contributed by atoms with van der Waals surface area (Å²) >= 11 is 0. The molecular weight excluding hydrogens is 198 g/mol. The molecular formula is C9H13N3O3. The molecule has 0 aliphatic heterocycles. The standard InChI is InChI=1S/C9H13N3O3/c1-10-5-6-15-7-3-4-11-8(12-7)9(13)14-2/h3-4,10H,5-6H2,1-2H3. The monoisotopic (exact) mass is 211 g/mol. The SMILES string of the molecule is CNCCOc1ccnc(C(=O)OC)n1. The van der Waals surface area contributed by atoms with E-state index in [-0.39, 0.29) is 5.82 Å². The van der Waals surface area contributed by atoms with Crippen LogP contribution in [0.5, 0.6) is 5.88 Å². The van der Waals surface area contributed by atoms with Gasteiger partial charge in [-0.1, -0.05) is 0 Å². The predicted octanol–water partition coefficient (Wildman–Crippen LogP) is -0.139. The first-order valence-corrected chi connectivity index (χ1v) is 4.46. The Balaban J connectivity index is 2.62. The molecule has 1 rings (SSSR count). The van der Waals surface area contributed by atoms with E-state index >= 15 is 0 Å². The minimum atomic E-state index is -0.575. The van der Waals surface area contributed by atoms with E-state index in [0.29, 0.717) is 19.0 Å². The van der Waals surface area contributed by atoms with Gasteiger partial charge >= 0.3 is 5.97 Å². The first-order valence-electron chi connectivity index (χ1n) is 4.46. The summed E-state index contributed by atoms with van der Waals surface area (Å²) in [6.45, 7) is 1.19. The summed E-state index contributed by atoms with van der Waals surface area (Å²) in [5.41, 5.74) is 0. The van der Waals surface area contributed by atoms with Crippen LogP contribution in [-0.2, 0) is 4.74 Å². The first-order chi connectivity index (χ1) is 7.27. The molecule has 1 heterocycles. The Kier molecular flexibility index (Phi) is 4.49. The molecule has 0 spiro atoms. The fraction of sp³-hybridized carbons (Fsp3) is 0.444. The Bertz CT molecular complexity index is 330. The van der Waals surface area contributed by atoms with Crippen molar-refractivity contribution in [3.63, 3.8) is 0 Å². The van der Waals surface area contributed by atoms with E-state index in [0.717, 1.165) is 0 Å². The van der Waals surface area contributed by atoms with Crippen LogP contribution < -0.4 is 10.1 Å². The quantitative estimate of drug-likeness (QED) is 0.540. The zero-order valence-electron chi connectivity index (χ0n) is 8.69. The fourth-order valence-electron chi connectivity index (χ4n) is 0.870. The lowest BCUT2D eigenvalue weighted by Crippen LogP contribution is -2.17. The Morgan fingerprint density at radius 2 is 2.40 bits per heavy atom. The summed E-state index contributed by atoms with van der Waals surface area (Å²) in [5.74, 6) is -0.214. The van der Waals surface area contributed by atoms with Crippen LogP contribution in [0.15, 0.2) is 12.3 Å². The van der Waals surface area contributed by atoms with Crippen molar-refractivity contribution in [3.05, 3.63) is 18.1 Å². The lowest BCUT2D eigenvalue weighted by atomic mass is 10.5. The van der Waals surface area contributed by atoms with Gasteiger partial charge in [0, 0.05) is 18.8 Å². The van der Waals surface area contributed by atoms with Gasteiger partial charge in [-0.05, 0) is 7.05 Å². The van der Waals surface area contributed by atoms with Crippen molar-refractivity contribution >= 4 is 5.97 Å². The van der Waals surface area contributed by atoms with Crippen molar-refractivity contribution < 1.29 is 14.3 Å². The summed E-state index contributed by atoms with van der Waals surface area (Å²) in [6.07, 6.45) is 1.45. The average molecular weight is 211 g/mol. The fourth-order valence-corrected chi connectivity index (χ4v) is 0.870. The number of nitrogens with zero attached hydrogens (tertiary/aromatic N) is 2. The van der Waals surface area contributed by atoms with E-state index in [1.807, 2.05) is 7.05 Å². The number of hydrogen-bond acceptors (Lipinski definition) is 6. The lowest BCUT2D eigenvalue weighted by Gasteiger charge is -2.04. The van der Waals surface area contributed by atoms with Crippen LogP contribution in [0.25, 0.3) is 0 Å². The molecule has 0 atom stereocenters. The molecule has 0 aromatic carbocycles. The highest BCUT2D eigenvalue weighted by Gasteiger charge is 2.09. The molecule has 0 amide bonds. The number of rotatable bonds is 5. The molecule has 1 N–H and O–H groups in total. The second-order valence-corrected chi connectivity index (χ2v) is 2.66.